The van der Waals surface area contributed by atoms with E-state index in [4.69, 9.17) is 20.2 Å². The van der Waals surface area contributed by atoms with E-state index in [1.807, 2.05) is 0 Å². The molecular weight excluding hydrogens is 324 g/mol. The van der Waals surface area contributed by atoms with E-state index in [2.05, 4.69) is 21.9 Å². The molecule has 0 spiro atoms. The molecule has 0 unspecified atom stereocenters. The molecule has 1 rings (SSSR count). The van der Waals surface area contributed by atoms with Crippen molar-refractivity contribution in [3.8, 4) is 0 Å². The van der Waals surface area contributed by atoms with Gasteiger partial charge in [-0.3, -0.25) is 4.84 Å². The summed E-state index contributed by atoms with van der Waals surface area (Å²) in [5, 5.41) is 2.65. The fourth-order valence-electron chi connectivity index (χ4n) is 2.46. The number of aromatic nitrogens is 3. The van der Waals surface area contributed by atoms with Crippen molar-refractivity contribution in [3.63, 3.8) is 0 Å². The molecule has 144 valence electrons. The molecule has 0 saturated carbocycles. The van der Waals surface area contributed by atoms with Gasteiger partial charge < -0.3 is 5.73 Å². The highest BCUT2D eigenvalue weighted by Gasteiger charge is 2.16. The lowest BCUT2D eigenvalue weighted by molar-refractivity contribution is -0.0471. The van der Waals surface area contributed by atoms with Gasteiger partial charge in [-0.1, -0.05) is 57.1 Å². The molecule has 0 aromatic carbocycles. The summed E-state index contributed by atoms with van der Waals surface area (Å²) in [6, 6.07) is 0. The van der Waals surface area contributed by atoms with Gasteiger partial charge in [-0.05, 0) is 6.42 Å². The second-order valence-electron chi connectivity index (χ2n) is 5.68. The van der Waals surface area contributed by atoms with Crippen LogP contribution in [0.5, 0.6) is 0 Å². The topological polar surface area (TPSA) is 98.9 Å². The Balaban J connectivity index is 2.50. The van der Waals surface area contributed by atoms with Gasteiger partial charge in [-0.15, -0.1) is 0 Å². The molecule has 1 aromatic heterocycles. The van der Waals surface area contributed by atoms with Crippen LogP contribution in [0.25, 0.3) is 0 Å². The molecule has 1 aromatic rings. The van der Waals surface area contributed by atoms with E-state index >= 15 is 0 Å². The van der Waals surface area contributed by atoms with Gasteiger partial charge in [0.05, 0.1) is 21.3 Å². The molecule has 0 amide bonds. The van der Waals surface area contributed by atoms with Crippen molar-refractivity contribution >= 4 is 17.8 Å². The standard InChI is InChI=1S/C16H32N6O3/c1-5-6-7-8-9-10-11-12-13-21(23-2)15-18-14(17)19-16(20-15)22(24-3)25-4/h5-13H2,1-4H3,(H2,17,18,19,20). The second-order valence-corrected chi connectivity index (χ2v) is 5.68. The first-order chi connectivity index (χ1) is 12.2. The molecule has 1 heterocycles. The van der Waals surface area contributed by atoms with Gasteiger partial charge in [0.1, 0.15) is 0 Å². The summed E-state index contributed by atoms with van der Waals surface area (Å²) in [6.07, 6.45) is 9.91. The summed E-state index contributed by atoms with van der Waals surface area (Å²) >= 11 is 0. The number of hydroxylamine groups is 1. The second kappa shape index (κ2) is 12.6. The molecule has 0 atom stereocenters. The van der Waals surface area contributed by atoms with Crippen LogP contribution in [0, 0.1) is 0 Å². The van der Waals surface area contributed by atoms with Crippen LogP contribution >= 0.6 is 0 Å². The summed E-state index contributed by atoms with van der Waals surface area (Å²) < 4.78 is 0. The Kier molecular flexibility index (Phi) is 10.8. The van der Waals surface area contributed by atoms with Gasteiger partial charge in [0.2, 0.25) is 5.95 Å². The van der Waals surface area contributed by atoms with Gasteiger partial charge in [0.15, 0.2) is 0 Å². The quantitative estimate of drug-likeness (QED) is 0.398. The summed E-state index contributed by atoms with van der Waals surface area (Å²) in [4.78, 5) is 27.8. The van der Waals surface area contributed by atoms with Crippen molar-refractivity contribution in [1.29, 1.82) is 0 Å². The number of hydrogen-bond acceptors (Lipinski definition) is 9. The zero-order valence-corrected chi connectivity index (χ0v) is 15.9. The number of rotatable bonds is 14. The Morgan fingerprint density at radius 3 is 1.88 bits per heavy atom. The molecule has 25 heavy (non-hydrogen) atoms. The number of unbranched alkanes of at least 4 members (excludes halogenated alkanes) is 7. The maximum absolute atomic E-state index is 5.75. The molecular formula is C16H32N6O3. The Labute approximate surface area is 150 Å². The van der Waals surface area contributed by atoms with Crippen molar-refractivity contribution in [2.75, 3.05) is 43.9 Å². The smallest absolute Gasteiger partial charge is 0.284 e. The first-order valence-corrected chi connectivity index (χ1v) is 8.87. The minimum Gasteiger partial charge on any atom is -0.368 e. The number of hydrogen-bond donors (Lipinski definition) is 1. The first-order valence-electron chi connectivity index (χ1n) is 8.87. The lowest BCUT2D eigenvalue weighted by atomic mass is 10.1. The predicted molar refractivity (Wildman–Crippen MR) is 97.7 cm³/mol. The summed E-state index contributed by atoms with van der Waals surface area (Å²) in [5.74, 6) is 0.551. The number of anilines is 3. The Hall–Kier alpha value is -1.71. The van der Waals surface area contributed by atoms with Crippen LogP contribution in [0.4, 0.5) is 17.8 Å². The largest absolute Gasteiger partial charge is 0.368 e. The molecule has 0 bridgehead atoms. The van der Waals surface area contributed by atoms with Gasteiger partial charge >= 0.3 is 0 Å². The van der Waals surface area contributed by atoms with Gasteiger partial charge in [-0.25, -0.2) is 14.7 Å². The average Bonchev–Trinajstić information content (AvgIpc) is 2.61. The highest BCUT2D eigenvalue weighted by Crippen LogP contribution is 2.17. The fraction of sp³-hybridized carbons (Fsp3) is 0.812. The van der Waals surface area contributed by atoms with Crippen molar-refractivity contribution < 1.29 is 14.5 Å². The van der Waals surface area contributed by atoms with Crippen LogP contribution in [0.3, 0.4) is 0 Å². The van der Waals surface area contributed by atoms with Crippen LogP contribution < -0.4 is 16.0 Å². The summed E-state index contributed by atoms with van der Waals surface area (Å²) in [6.45, 7) is 2.91. The third-order valence-corrected chi connectivity index (χ3v) is 3.78. The van der Waals surface area contributed by atoms with Crippen LogP contribution in [0.1, 0.15) is 58.3 Å². The molecule has 9 nitrogen and oxygen atoms in total. The van der Waals surface area contributed by atoms with Gasteiger partial charge in [0, 0.05) is 6.54 Å². The zero-order chi connectivity index (χ0) is 18.5. The van der Waals surface area contributed by atoms with E-state index < -0.39 is 0 Å². The minimum atomic E-state index is 0.0667. The first kappa shape index (κ1) is 21.3. The van der Waals surface area contributed by atoms with E-state index in [1.165, 1.54) is 52.7 Å². The SMILES string of the molecule is CCCCCCCCCCN(OC)c1nc(N)nc(N(OC)OC)n1. The third-order valence-electron chi connectivity index (χ3n) is 3.78. The average molecular weight is 356 g/mol. The highest BCUT2D eigenvalue weighted by molar-refractivity contribution is 5.39. The molecule has 0 aliphatic carbocycles. The minimum absolute atomic E-state index is 0.0667. The fourth-order valence-corrected chi connectivity index (χ4v) is 2.46. The van der Waals surface area contributed by atoms with Gasteiger partial charge in [-0.2, -0.15) is 15.0 Å². The predicted octanol–water partition coefficient (Wildman–Crippen LogP) is 2.89. The monoisotopic (exact) mass is 356 g/mol. The Morgan fingerprint density at radius 2 is 1.32 bits per heavy atom. The van der Waals surface area contributed by atoms with Crippen LogP contribution in [0.15, 0.2) is 0 Å². The van der Waals surface area contributed by atoms with Crippen molar-refractivity contribution in [2.24, 2.45) is 0 Å². The lowest BCUT2D eigenvalue weighted by Gasteiger charge is -2.21. The molecule has 9 heteroatoms. The molecule has 0 saturated heterocycles. The van der Waals surface area contributed by atoms with Crippen LogP contribution in [-0.4, -0.2) is 42.8 Å². The maximum atomic E-state index is 5.75. The Morgan fingerprint density at radius 1 is 0.760 bits per heavy atom. The van der Waals surface area contributed by atoms with Crippen LogP contribution in [0.2, 0.25) is 0 Å². The lowest BCUT2D eigenvalue weighted by Crippen LogP contribution is -2.28. The van der Waals surface area contributed by atoms with E-state index in [1.54, 1.807) is 12.2 Å². The third kappa shape index (κ3) is 7.80. The maximum Gasteiger partial charge on any atom is 0.284 e. The van der Waals surface area contributed by atoms with E-state index in [0.717, 1.165) is 18.1 Å². The normalized spacial score (nSPS) is 10.9. The van der Waals surface area contributed by atoms with Crippen LogP contribution in [-0.2, 0) is 14.5 Å². The van der Waals surface area contributed by atoms with E-state index in [9.17, 15) is 0 Å². The van der Waals surface area contributed by atoms with Crippen molar-refractivity contribution in [2.45, 2.75) is 58.3 Å². The highest BCUT2D eigenvalue weighted by atomic mass is 16.9. The number of nitrogen functional groups attached to an aromatic ring is 1. The van der Waals surface area contributed by atoms with Crippen molar-refractivity contribution in [1.82, 2.24) is 15.0 Å². The van der Waals surface area contributed by atoms with Crippen molar-refractivity contribution in [3.05, 3.63) is 0 Å². The molecule has 2 N–H and O–H groups in total. The number of nitrogens with two attached hydrogens (primary N) is 1. The van der Waals surface area contributed by atoms with E-state index in [-0.39, 0.29) is 11.9 Å². The Bertz CT molecular complexity index is 473. The number of nitrogens with zero attached hydrogens (tertiary/aromatic N) is 5. The zero-order valence-electron chi connectivity index (χ0n) is 15.9. The van der Waals surface area contributed by atoms with E-state index in [0.29, 0.717) is 12.5 Å². The summed E-state index contributed by atoms with van der Waals surface area (Å²) in [7, 11) is 4.46. The molecule has 0 aliphatic rings. The van der Waals surface area contributed by atoms with Gasteiger partial charge in [0.25, 0.3) is 11.9 Å². The molecule has 0 fully saturated rings. The molecule has 0 radical (unpaired) electrons. The summed E-state index contributed by atoms with van der Waals surface area (Å²) in [5.41, 5.74) is 5.75. The molecule has 0 aliphatic heterocycles.